The van der Waals surface area contributed by atoms with Crippen LogP contribution >= 0.6 is 0 Å². The van der Waals surface area contributed by atoms with E-state index in [4.69, 9.17) is 5.11 Å². The van der Waals surface area contributed by atoms with Crippen molar-refractivity contribution in [3.63, 3.8) is 0 Å². The predicted molar refractivity (Wildman–Crippen MR) is 43.8 cm³/mol. The first-order valence-corrected chi connectivity index (χ1v) is 4.40. The predicted octanol–water partition coefficient (Wildman–Crippen LogP) is 1.47. The molecule has 1 saturated carbocycles. The van der Waals surface area contributed by atoms with Crippen molar-refractivity contribution >= 4 is 11.8 Å². The molecule has 0 aromatic heterocycles. The molecule has 3 nitrogen and oxygen atoms in total. The maximum Gasteiger partial charge on any atom is 0.314 e. The summed E-state index contributed by atoms with van der Waals surface area (Å²) in [4.78, 5) is 21.8. The normalized spacial score (nSPS) is 30.2. The van der Waals surface area contributed by atoms with Crippen LogP contribution in [0.1, 0.15) is 32.6 Å². The highest BCUT2D eigenvalue weighted by atomic mass is 16.4. The first-order chi connectivity index (χ1) is 5.65. The van der Waals surface area contributed by atoms with Gasteiger partial charge in [-0.05, 0) is 18.8 Å². The van der Waals surface area contributed by atoms with Crippen LogP contribution in [-0.2, 0) is 9.59 Å². The van der Waals surface area contributed by atoms with E-state index in [2.05, 4.69) is 0 Å². The third-order valence-electron chi connectivity index (χ3n) is 2.62. The van der Waals surface area contributed by atoms with E-state index in [0.717, 1.165) is 12.8 Å². The molecule has 0 heterocycles. The van der Waals surface area contributed by atoms with Gasteiger partial charge >= 0.3 is 5.97 Å². The maximum atomic E-state index is 11.2. The van der Waals surface area contributed by atoms with Crippen molar-refractivity contribution in [1.82, 2.24) is 0 Å². The van der Waals surface area contributed by atoms with Crippen LogP contribution in [0, 0.1) is 11.8 Å². The molecule has 68 valence electrons. The van der Waals surface area contributed by atoms with Crippen molar-refractivity contribution in [3.8, 4) is 0 Å². The van der Waals surface area contributed by atoms with Crippen molar-refractivity contribution in [2.24, 2.45) is 11.8 Å². The second-order valence-electron chi connectivity index (χ2n) is 3.41. The van der Waals surface area contributed by atoms with E-state index in [1.807, 2.05) is 6.92 Å². The van der Waals surface area contributed by atoms with Crippen LogP contribution in [-0.4, -0.2) is 16.9 Å². The molecule has 0 aromatic carbocycles. The molecule has 0 amide bonds. The Balaban J connectivity index is 2.54. The van der Waals surface area contributed by atoms with Gasteiger partial charge in [0.15, 0.2) is 0 Å². The van der Waals surface area contributed by atoms with Crippen LogP contribution in [0.2, 0.25) is 0 Å². The molecule has 1 N–H and O–H groups in total. The Bertz CT molecular complexity index is 198. The number of Topliss-reactive ketones (excluding diaryl/α,β-unsaturated/α-hetero) is 1. The zero-order chi connectivity index (χ0) is 9.14. The fourth-order valence-corrected chi connectivity index (χ4v) is 1.70. The molecular weight excluding hydrogens is 156 g/mol. The zero-order valence-electron chi connectivity index (χ0n) is 7.25. The third kappa shape index (κ3) is 1.84. The number of ketones is 1. The van der Waals surface area contributed by atoms with Gasteiger partial charge < -0.3 is 5.11 Å². The van der Waals surface area contributed by atoms with Gasteiger partial charge in [0.2, 0.25) is 0 Å². The molecule has 0 aliphatic heterocycles. The first kappa shape index (κ1) is 9.23. The highest BCUT2D eigenvalue weighted by Crippen LogP contribution is 2.27. The molecule has 0 bridgehead atoms. The lowest BCUT2D eigenvalue weighted by atomic mass is 9.80. The molecule has 1 rings (SSSR count). The van der Waals surface area contributed by atoms with Crippen molar-refractivity contribution in [3.05, 3.63) is 0 Å². The minimum atomic E-state index is -0.949. The minimum Gasteiger partial charge on any atom is -0.481 e. The number of aliphatic carboxylic acids is 1. The Kier molecular flexibility index (Phi) is 2.84. The van der Waals surface area contributed by atoms with Gasteiger partial charge in [-0.2, -0.15) is 0 Å². The number of hydrogen-bond acceptors (Lipinski definition) is 2. The highest BCUT2D eigenvalue weighted by Gasteiger charge is 2.32. The summed E-state index contributed by atoms with van der Waals surface area (Å²) in [6.07, 6.45) is 2.87. The number of hydrogen-bond donors (Lipinski definition) is 1. The summed E-state index contributed by atoms with van der Waals surface area (Å²) in [5.74, 6) is -1.32. The van der Waals surface area contributed by atoms with Gasteiger partial charge in [-0.25, -0.2) is 0 Å². The summed E-state index contributed by atoms with van der Waals surface area (Å²) in [6.45, 7) is 2.04. The quantitative estimate of drug-likeness (QED) is 0.638. The lowest BCUT2D eigenvalue weighted by Gasteiger charge is -2.23. The lowest BCUT2D eigenvalue weighted by molar-refractivity contribution is -0.148. The van der Waals surface area contributed by atoms with Gasteiger partial charge in [-0.3, -0.25) is 9.59 Å². The summed E-state index contributed by atoms with van der Waals surface area (Å²) >= 11 is 0. The monoisotopic (exact) mass is 170 g/mol. The summed E-state index contributed by atoms with van der Waals surface area (Å²) in [7, 11) is 0. The van der Waals surface area contributed by atoms with E-state index in [-0.39, 0.29) is 5.78 Å². The molecule has 1 unspecified atom stereocenters. The Hall–Kier alpha value is -0.860. The fraction of sp³-hybridized carbons (Fsp3) is 0.778. The molecule has 12 heavy (non-hydrogen) atoms. The summed E-state index contributed by atoms with van der Waals surface area (Å²) in [5, 5.41) is 8.65. The van der Waals surface area contributed by atoms with Crippen molar-refractivity contribution < 1.29 is 14.7 Å². The summed E-state index contributed by atoms with van der Waals surface area (Å²) in [6, 6.07) is 0. The zero-order valence-corrected chi connectivity index (χ0v) is 7.25. The fourth-order valence-electron chi connectivity index (χ4n) is 1.70. The van der Waals surface area contributed by atoms with Gasteiger partial charge in [-0.1, -0.05) is 13.3 Å². The van der Waals surface area contributed by atoms with Gasteiger partial charge in [0.05, 0.1) is 0 Å². The number of carbonyl (C=O) groups excluding carboxylic acids is 1. The van der Waals surface area contributed by atoms with Crippen LogP contribution in [0.15, 0.2) is 0 Å². The van der Waals surface area contributed by atoms with E-state index < -0.39 is 11.9 Å². The molecule has 0 spiro atoms. The van der Waals surface area contributed by atoms with Gasteiger partial charge in [0.1, 0.15) is 11.7 Å². The second-order valence-corrected chi connectivity index (χ2v) is 3.41. The Morgan fingerprint density at radius 1 is 1.58 bits per heavy atom. The van der Waals surface area contributed by atoms with Crippen molar-refractivity contribution in [2.75, 3.05) is 0 Å². The third-order valence-corrected chi connectivity index (χ3v) is 2.62. The molecule has 0 radical (unpaired) electrons. The number of rotatable bonds is 2. The molecule has 0 saturated heterocycles. The van der Waals surface area contributed by atoms with Crippen LogP contribution in [0.25, 0.3) is 0 Å². The standard InChI is InChI=1S/C9H14O3/c1-2-6-3-4-7(9(11)12)8(10)5-6/h6-7H,2-5H2,1H3,(H,11,12)/t6-,7?/m0/s1. The summed E-state index contributed by atoms with van der Waals surface area (Å²) in [5.41, 5.74) is 0. The van der Waals surface area contributed by atoms with Crippen LogP contribution < -0.4 is 0 Å². The topological polar surface area (TPSA) is 54.4 Å². The molecular formula is C9H14O3. The molecule has 2 atom stereocenters. The number of carboxylic acids is 1. The van der Waals surface area contributed by atoms with Crippen molar-refractivity contribution in [2.45, 2.75) is 32.6 Å². The number of carboxylic acid groups (broad SMARTS) is 1. The second kappa shape index (κ2) is 3.70. The Morgan fingerprint density at radius 3 is 2.67 bits per heavy atom. The molecule has 0 aromatic rings. The van der Waals surface area contributed by atoms with Gasteiger partial charge in [0, 0.05) is 6.42 Å². The molecule has 3 heteroatoms. The van der Waals surface area contributed by atoms with Gasteiger partial charge in [0.25, 0.3) is 0 Å². The van der Waals surface area contributed by atoms with Crippen LogP contribution in [0.4, 0.5) is 0 Å². The first-order valence-electron chi connectivity index (χ1n) is 4.40. The van der Waals surface area contributed by atoms with Crippen molar-refractivity contribution in [1.29, 1.82) is 0 Å². The van der Waals surface area contributed by atoms with Crippen LogP contribution in [0.5, 0.6) is 0 Å². The molecule has 1 aliphatic carbocycles. The largest absolute Gasteiger partial charge is 0.481 e. The van der Waals surface area contributed by atoms with E-state index in [1.54, 1.807) is 0 Å². The SMILES string of the molecule is CC[C@H]1CCC(C(=O)O)C(=O)C1. The average molecular weight is 170 g/mol. The summed E-state index contributed by atoms with van der Waals surface area (Å²) < 4.78 is 0. The van der Waals surface area contributed by atoms with E-state index in [0.29, 0.717) is 18.8 Å². The highest BCUT2D eigenvalue weighted by molar-refractivity contribution is 5.98. The number of carbonyl (C=O) groups is 2. The molecule has 1 fully saturated rings. The van der Waals surface area contributed by atoms with Gasteiger partial charge in [-0.15, -0.1) is 0 Å². The lowest BCUT2D eigenvalue weighted by Crippen LogP contribution is -2.30. The van der Waals surface area contributed by atoms with E-state index in [1.165, 1.54) is 0 Å². The minimum absolute atomic E-state index is 0.0828. The van der Waals surface area contributed by atoms with E-state index in [9.17, 15) is 9.59 Å². The smallest absolute Gasteiger partial charge is 0.314 e. The Morgan fingerprint density at radius 2 is 2.25 bits per heavy atom. The molecule has 1 aliphatic rings. The maximum absolute atomic E-state index is 11.2. The Labute approximate surface area is 71.8 Å². The van der Waals surface area contributed by atoms with E-state index >= 15 is 0 Å². The average Bonchev–Trinajstić information content (AvgIpc) is 2.03. The van der Waals surface area contributed by atoms with Crippen LogP contribution in [0.3, 0.4) is 0 Å².